The zero-order valence-electron chi connectivity index (χ0n) is 8.59. The van der Waals surface area contributed by atoms with Gasteiger partial charge in [0.1, 0.15) is 0 Å². The van der Waals surface area contributed by atoms with Crippen molar-refractivity contribution in [2.75, 3.05) is 0 Å². The van der Waals surface area contributed by atoms with Crippen LogP contribution in [0.1, 0.15) is 39.5 Å². The van der Waals surface area contributed by atoms with E-state index in [-0.39, 0.29) is 0 Å². The number of rotatable bonds is 0. The summed E-state index contributed by atoms with van der Waals surface area (Å²) >= 11 is 3.96. The van der Waals surface area contributed by atoms with Gasteiger partial charge in [0, 0.05) is 4.83 Å². The molecular formula is C12H19Br. The molecule has 0 aromatic carbocycles. The fraction of sp³-hybridized carbons (Fsp3) is 1.00. The molecule has 4 aliphatic carbocycles. The first-order valence-electron chi connectivity index (χ1n) is 5.73. The molecule has 74 valence electrons. The van der Waals surface area contributed by atoms with Crippen LogP contribution < -0.4 is 0 Å². The second kappa shape index (κ2) is 2.53. The highest BCUT2D eigenvalue weighted by Crippen LogP contribution is 2.63. The number of halogens is 1. The summed E-state index contributed by atoms with van der Waals surface area (Å²) < 4.78 is 0. The lowest BCUT2D eigenvalue weighted by molar-refractivity contribution is -0.0802. The van der Waals surface area contributed by atoms with Gasteiger partial charge in [0.2, 0.25) is 0 Å². The van der Waals surface area contributed by atoms with Gasteiger partial charge in [0.05, 0.1) is 0 Å². The van der Waals surface area contributed by atoms with Crippen molar-refractivity contribution in [2.24, 2.45) is 29.1 Å². The molecule has 4 fully saturated rings. The molecule has 4 aliphatic rings. The van der Waals surface area contributed by atoms with Crippen molar-refractivity contribution in [3.8, 4) is 0 Å². The highest BCUT2D eigenvalue weighted by atomic mass is 79.9. The third kappa shape index (κ3) is 1.03. The lowest BCUT2D eigenvalue weighted by atomic mass is 9.46. The van der Waals surface area contributed by atoms with Crippen LogP contribution in [-0.4, -0.2) is 4.83 Å². The van der Waals surface area contributed by atoms with Crippen LogP contribution in [0.4, 0.5) is 0 Å². The molecular weight excluding hydrogens is 224 g/mol. The smallest absolute Gasteiger partial charge is 0.0207 e. The second-order valence-electron chi connectivity index (χ2n) is 6.14. The first-order valence-corrected chi connectivity index (χ1v) is 6.64. The van der Waals surface area contributed by atoms with Crippen LogP contribution in [0.3, 0.4) is 0 Å². The summed E-state index contributed by atoms with van der Waals surface area (Å²) in [5.41, 5.74) is 0.627. The highest BCUT2D eigenvalue weighted by molar-refractivity contribution is 9.09. The van der Waals surface area contributed by atoms with E-state index in [4.69, 9.17) is 0 Å². The van der Waals surface area contributed by atoms with Crippen molar-refractivity contribution in [1.82, 2.24) is 0 Å². The molecule has 0 unspecified atom stereocenters. The quantitative estimate of drug-likeness (QED) is 0.567. The maximum atomic E-state index is 3.96. The Morgan fingerprint density at radius 3 is 2.62 bits per heavy atom. The van der Waals surface area contributed by atoms with Crippen LogP contribution in [-0.2, 0) is 0 Å². The molecule has 0 radical (unpaired) electrons. The van der Waals surface area contributed by atoms with Crippen molar-refractivity contribution in [1.29, 1.82) is 0 Å². The van der Waals surface area contributed by atoms with E-state index in [0.717, 1.165) is 28.5 Å². The molecule has 4 rings (SSSR count). The fourth-order valence-electron chi connectivity index (χ4n) is 4.38. The summed E-state index contributed by atoms with van der Waals surface area (Å²) in [4.78, 5) is 0.843. The van der Waals surface area contributed by atoms with Gasteiger partial charge in [-0.25, -0.2) is 0 Å². The third-order valence-electron chi connectivity index (χ3n) is 5.27. The Morgan fingerprint density at radius 2 is 1.85 bits per heavy atom. The maximum absolute atomic E-state index is 3.96. The Bertz CT molecular complexity index is 233. The highest BCUT2D eigenvalue weighted by Gasteiger charge is 2.56. The Kier molecular flexibility index (Phi) is 1.71. The summed E-state index contributed by atoms with van der Waals surface area (Å²) in [6, 6.07) is 0. The molecule has 13 heavy (non-hydrogen) atoms. The molecule has 0 spiro atoms. The first-order chi connectivity index (χ1) is 6.09. The van der Waals surface area contributed by atoms with E-state index in [1.165, 1.54) is 19.3 Å². The van der Waals surface area contributed by atoms with Crippen molar-refractivity contribution >= 4 is 15.9 Å². The monoisotopic (exact) mass is 242 g/mol. The largest absolute Gasteiger partial charge is 0.0884 e. The molecule has 0 nitrogen and oxygen atoms in total. The van der Waals surface area contributed by atoms with Gasteiger partial charge in [-0.15, -0.1) is 0 Å². The third-order valence-corrected chi connectivity index (χ3v) is 6.66. The molecule has 0 saturated heterocycles. The van der Waals surface area contributed by atoms with Gasteiger partial charge in [-0.3, -0.25) is 0 Å². The van der Waals surface area contributed by atoms with Crippen LogP contribution in [0.2, 0.25) is 0 Å². The standard InChI is InChI=1S/C12H19Br/c1-12(2)9-4-7-3-8(6-9)11(13)10(12)5-7/h7-11H,3-6H2,1-2H3/t7-,8+,9-,10+,11+/m0/s1. The van der Waals surface area contributed by atoms with Gasteiger partial charge < -0.3 is 0 Å². The van der Waals surface area contributed by atoms with Gasteiger partial charge in [-0.2, -0.15) is 0 Å². The van der Waals surface area contributed by atoms with E-state index in [0.29, 0.717) is 5.41 Å². The second-order valence-corrected chi connectivity index (χ2v) is 7.20. The van der Waals surface area contributed by atoms with Crippen molar-refractivity contribution in [3.05, 3.63) is 0 Å². The molecule has 0 aromatic rings. The zero-order valence-corrected chi connectivity index (χ0v) is 10.2. The van der Waals surface area contributed by atoms with Gasteiger partial charge >= 0.3 is 0 Å². The number of hydrogen-bond donors (Lipinski definition) is 0. The SMILES string of the molecule is CC1(C)[C@H]2C[C@@H]3C[C@H](C2)[C@@H](Br)[C@H]1C3. The van der Waals surface area contributed by atoms with Crippen molar-refractivity contribution in [2.45, 2.75) is 44.4 Å². The van der Waals surface area contributed by atoms with Crippen LogP contribution in [0.5, 0.6) is 0 Å². The maximum Gasteiger partial charge on any atom is 0.0207 e. The molecule has 0 heterocycles. The first kappa shape index (κ1) is 8.76. The minimum absolute atomic E-state index is 0.627. The lowest BCUT2D eigenvalue weighted by Gasteiger charge is -2.61. The summed E-state index contributed by atoms with van der Waals surface area (Å²) in [5, 5.41) is 0. The molecule has 0 aliphatic heterocycles. The lowest BCUT2D eigenvalue weighted by Crippen LogP contribution is -2.55. The predicted molar refractivity (Wildman–Crippen MR) is 58.9 cm³/mol. The fourth-order valence-corrected chi connectivity index (χ4v) is 5.71. The van der Waals surface area contributed by atoms with E-state index < -0.39 is 0 Å². The Morgan fingerprint density at radius 1 is 1.08 bits per heavy atom. The molecule has 0 N–H and O–H groups in total. The number of alkyl halides is 1. The molecule has 0 aromatic heterocycles. The van der Waals surface area contributed by atoms with Crippen LogP contribution in [0.15, 0.2) is 0 Å². The average molecular weight is 243 g/mol. The summed E-state index contributed by atoms with van der Waals surface area (Å²) in [5.74, 6) is 4.14. The van der Waals surface area contributed by atoms with Gasteiger partial charge in [-0.05, 0) is 54.8 Å². The number of hydrogen-bond acceptors (Lipinski definition) is 0. The van der Waals surface area contributed by atoms with E-state index in [1.54, 1.807) is 6.42 Å². The van der Waals surface area contributed by atoms with Crippen molar-refractivity contribution in [3.63, 3.8) is 0 Å². The summed E-state index contributed by atoms with van der Waals surface area (Å²) in [6.45, 7) is 5.02. The molecule has 4 saturated carbocycles. The molecule has 4 bridgehead atoms. The minimum atomic E-state index is 0.627. The molecule has 1 heteroatoms. The van der Waals surface area contributed by atoms with E-state index in [2.05, 4.69) is 29.8 Å². The van der Waals surface area contributed by atoms with Gasteiger partial charge in [0.15, 0.2) is 0 Å². The van der Waals surface area contributed by atoms with Crippen LogP contribution >= 0.6 is 15.9 Å². The van der Waals surface area contributed by atoms with Crippen LogP contribution in [0.25, 0.3) is 0 Å². The van der Waals surface area contributed by atoms with E-state index in [9.17, 15) is 0 Å². The van der Waals surface area contributed by atoms with Gasteiger partial charge in [0.25, 0.3) is 0 Å². The van der Waals surface area contributed by atoms with Crippen molar-refractivity contribution < 1.29 is 0 Å². The zero-order chi connectivity index (χ0) is 9.22. The van der Waals surface area contributed by atoms with E-state index >= 15 is 0 Å². The summed E-state index contributed by atoms with van der Waals surface area (Å²) in [7, 11) is 0. The van der Waals surface area contributed by atoms with Crippen LogP contribution in [0, 0.1) is 29.1 Å². The Balaban J connectivity index is 1.99. The van der Waals surface area contributed by atoms with Gasteiger partial charge in [-0.1, -0.05) is 29.8 Å². The normalized spacial score (nSPS) is 57.0. The predicted octanol–water partition coefficient (Wildman–Crippen LogP) is 3.84. The molecule has 0 amide bonds. The Hall–Kier alpha value is 0.480. The Labute approximate surface area is 89.6 Å². The average Bonchev–Trinajstić information content (AvgIpc) is 2.08. The minimum Gasteiger partial charge on any atom is -0.0884 e. The summed E-state index contributed by atoms with van der Waals surface area (Å²) in [6.07, 6.45) is 6.09. The molecule has 5 atom stereocenters. The topological polar surface area (TPSA) is 0 Å². The van der Waals surface area contributed by atoms with E-state index in [1.807, 2.05) is 0 Å².